The van der Waals surface area contributed by atoms with Crippen LogP contribution in [0.1, 0.15) is 22.3 Å². The van der Waals surface area contributed by atoms with Gasteiger partial charge in [0, 0.05) is 25.7 Å². The standard InChI is InChI=1S/C34H35ClO6/c35-34(40)33(39,24-28-19-11-4-12-20-28)32(38,23-27-17-9-3-10-18-27)31(37,22-26-15-7-2-8-16-26)30(41-34)29(36)21-25-13-5-1-6-14-25/h1-20,29-30,36-40H,21-24H2/t29?,30-,31+,32+,33-,34-/m1/s1. The Kier molecular flexibility index (Phi) is 8.37. The van der Waals surface area contributed by atoms with Crippen LogP contribution in [0.5, 0.6) is 0 Å². The summed E-state index contributed by atoms with van der Waals surface area (Å²) in [5, 5.41) is 58.5. The lowest BCUT2D eigenvalue weighted by atomic mass is 9.58. The van der Waals surface area contributed by atoms with Crippen LogP contribution in [0, 0.1) is 0 Å². The fraction of sp³-hybridized carbons (Fsp3) is 0.294. The normalized spacial score (nSPS) is 30.5. The molecule has 0 aromatic heterocycles. The molecule has 4 aromatic carbocycles. The molecule has 6 nitrogen and oxygen atoms in total. The summed E-state index contributed by atoms with van der Waals surface area (Å²) in [5.41, 5.74) is -4.98. The van der Waals surface area contributed by atoms with Crippen LogP contribution in [-0.4, -0.2) is 59.8 Å². The third kappa shape index (κ3) is 5.57. The van der Waals surface area contributed by atoms with Crippen LogP contribution >= 0.6 is 11.6 Å². The number of rotatable bonds is 9. The van der Waals surface area contributed by atoms with Crippen LogP contribution in [0.2, 0.25) is 0 Å². The minimum Gasteiger partial charge on any atom is -0.390 e. The SMILES string of the molecule is OC(Cc1ccccc1)[C@H]1O[C@@](O)(Cl)[C@@](O)(Cc2ccccc2)[C@](O)(Cc2ccccc2)[C@]1(O)Cc1ccccc1. The fourth-order valence-corrected chi connectivity index (χ4v) is 6.38. The highest BCUT2D eigenvalue weighted by Gasteiger charge is 2.77. The molecule has 0 saturated carbocycles. The molecule has 0 spiro atoms. The molecule has 1 aliphatic rings. The molecule has 4 aromatic rings. The second-order valence-electron chi connectivity index (χ2n) is 11.0. The van der Waals surface area contributed by atoms with Gasteiger partial charge in [-0.3, -0.25) is 0 Å². The largest absolute Gasteiger partial charge is 0.390 e. The summed E-state index contributed by atoms with van der Waals surface area (Å²) in [4.78, 5) is 0. The third-order valence-electron chi connectivity index (χ3n) is 8.22. The fourth-order valence-electron chi connectivity index (χ4n) is 6.06. The predicted molar refractivity (Wildman–Crippen MR) is 157 cm³/mol. The average molecular weight is 575 g/mol. The molecule has 0 aliphatic carbocycles. The lowest BCUT2D eigenvalue weighted by molar-refractivity contribution is -0.418. The number of benzene rings is 4. The zero-order chi connectivity index (χ0) is 29.1. The zero-order valence-electron chi connectivity index (χ0n) is 22.6. The van der Waals surface area contributed by atoms with Gasteiger partial charge in [-0.1, -0.05) is 133 Å². The van der Waals surface area contributed by atoms with E-state index in [1.807, 2.05) is 42.5 Å². The zero-order valence-corrected chi connectivity index (χ0v) is 23.3. The van der Waals surface area contributed by atoms with Gasteiger partial charge in [-0.2, -0.15) is 0 Å². The molecule has 41 heavy (non-hydrogen) atoms. The molecule has 1 aliphatic heterocycles. The molecular formula is C34H35ClO6. The molecule has 5 N–H and O–H groups in total. The maximum atomic E-state index is 12.9. The van der Waals surface area contributed by atoms with Gasteiger partial charge >= 0.3 is 0 Å². The Hall–Kier alpha value is -3.07. The van der Waals surface area contributed by atoms with Crippen molar-refractivity contribution in [1.29, 1.82) is 0 Å². The second-order valence-corrected chi connectivity index (χ2v) is 11.5. The van der Waals surface area contributed by atoms with Gasteiger partial charge in [-0.15, -0.1) is 0 Å². The van der Waals surface area contributed by atoms with E-state index in [4.69, 9.17) is 16.3 Å². The molecule has 0 radical (unpaired) electrons. The highest BCUT2D eigenvalue weighted by atomic mass is 35.5. The Labute approximate surface area is 245 Å². The summed E-state index contributed by atoms with van der Waals surface area (Å²) in [7, 11) is 0. The van der Waals surface area contributed by atoms with Crippen molar-refractivity contribution in [2.75, 3.05) is 0 Å². The molecular weight excluding hydrogens is 540 g/mol. The number of hydrogen-bond acceptors (Lipinski definition) is 6. The highest BCUT2D eigenvalue weighted by Crippen LogP contribution is 2.55. The molecule has 5 rings (SSSR count). The van der Waals surface area contributed by atoms with Gasteiger partial charge < -0.3 is 30.3 Å². The predicted octanol–water partition coefficient (Wildman–Crippen LogP) is 3.80. The first-order valence-corrected chi connectivity index (χ1v) is 14.1. The van der Waals surface area contributed by atoms with Crippen molar-refractivity contribution < 1.29 is 30.3 Å². The van der Waals surface area contributed by atoms with Gasteiger partial charge in [0.2, 0.25) is 0 Å². The first-order valence-electron chi connectivity index (χ1n) is 13.7. The summed E-state index contributed by atoms with van der Waals surface area (Å²) in [6, 6.07) is 35.7. The van der Waals surface area contributed by atoms with Gasteiger partial charge in [0.25, 0.3) is 5.25 Å². The Morgan fingerprint density at radius 2 is 0.927 bits per heavy atom. The van der Waals surface area contributed by atoms with E-state index >= 15 is 0 Å². The van der Waals surface area contributed by atoms with Crippen molar-refractivity contribution in [2.45, 2.75) is 59.9 Å². The lowest BCUT2D eigenvalue weighted by Gasteiger charge is -2.63. The number of aliphatic hydroxyl groups is 5. The van der Waals surface area contributed by atoms with Crippen molar-refractivity contribution in [1.82, 2.24) is 0 Å². The van der Waals surface area contributed by atoms with Gasteiger partial charge in [-0.25, -0.2) is 0 Å². The number of halogens is 1. The maximum absolute atomic E-state index is 12.9. The first-order chi connectivity index (χ1) is 19.6. The Morgan fingerprint density at radius 1 is 0.561 bits per heavy atom. The molecule has 0 amide bonds. The van der Waals surface area contributed by atoms with Gasteiger partial charge in [-0.05, 0) is 22.3 Å². The van der Waals surface area contributed by atoms with E-state index in [1.54, 1.807) is 78.9 Å². The van der Waals surface area contributed by atoms with Gasteiger partial charge in [0.05, 0.1) is 6.10 Å². The number of ether oxygens (including phenoxy) is 1. The van der Waals surface area contributed by atoms with Crippen LogP contribution in [0.4, 0.5) is 0 Å². The number of hydrogen-bond donors (Lipinski definition) is 5. The summed E-state index contributed by atoms with van der Waals surface area (Å²) in [5.74, 6) is 0. The van der Waals surface area contributed by atoms with Crippen molar-refractivity contribution >= 4 is 11.6 Å². The smallest absolute Gasteiger partial charge is 0.279 e. The number of alkyl halides is 1. The van der Waals surface area contributed by atoms with Crippen molar-refractivity contribution in [3.05, 3.63) is 144 Å². The summed E-state index contributed by atoms with van der Waals surface area (Å²) < 4.78 is 5.93. The molecule has 1 unspecified atom stereocenters. The Morgan fingerprint density at radius 3 is 1.37 bits per heavy atom. The number of aliphatic hydroxyl groups excluding tert-OH is 1. The topological polar surface area (TPSA) is 110 Å². The average Bonchev–Trinajstić information content (AvgIpc) is 2.97. The van der Waals surface area contributed by atoms with Crippen LogP contribution < -0.4 is 0 Å². The molecule has 6 atom stereocenters. The van der Waals surface area contributed by atoms with Crippen LogP contribution in [0.3, 0.4) is 0 Å². The summed E-state index contributed by atoms with van der Waals surface area (Å²) in [6.45, 7) is 0. The first kappa shape index (κ1) is 29.4. The molecule has 0 bridgehead atoms. The van der Waals surface area contributed by atoms with Crippen molar-refractivity contribution in [2.24, 2.45) is 0 Å². The second kappa shape index (κ2) is 11.7. The monoisotopic (exact) mass is 574 g/mol. The van der Waals surface area contributed by atoms with E-state index in [1.165, 1.54) is 0 Å². The Bertz CT molecular complexity index is 1400. The summed E-state index contributed by atoms with van der Waals surface area (Å²) >= 11 is 6.65. The van der Waals surface area contributed by atoms with Crippen molar-refractivity contribution in [3.8, 4) is 0 Å². The van der Waals surface area contributed by atoms with Crippen molar-refractivity contribution in [3.63, 3.8) is 0 Å². The van der Waals surface area contributed by atoms with Crippen LogP contribution in [0.25, 0.3) is 0 Å². The Balaban J connectivity index is 1.69. The summed E-state index contributed by atoms with van der Waals surface area (Å²) in [6.07, 6.45) is -3.84. The molecule has 7 heteroatoms. The highest BCUT2D eigenvalue weighted by molar-refractivity contribution is 6.22. The molecule has 1 heterocycles. The van der Waals surface area contributed by atoms with Crippen LogP contribution in [0.15, 0.2) is 121 Å². The van der Waals surface area contributed by atoms with E-state index in [0.29, 0.717) is 16.7 Å². The lowest BCUT2D eigenvalue weighted by Crippen LogP contribution is -2.85. The van der Waals surface area contributed by atoms with Gasteiger partial charge in [0.1, 0.15) is 17.3 Å². The van der Waals surface area contributed by atoms with Gasteiger partial charge in [0.15, 0.2) is 5.60 Å². The van der Waals surface area contributed by atoms with E-state index < -0.39 is 34.3 Å². The van der Waals surface area contributed by atoms with E-state index in [2.05, 4.69) is 0 Å². The molecule has 214 valence electrons. The third-order valence-corrected chi connectivity index (χ3v) is 8.63. The van der Waals surface area contributed by atoms with E-state index in [9.17, 15) is 25.5 Å². The molecule has 1 saturated heterocycles. The minimum absolute atomic E-state index is 0.0358. The maximum Gasteiger partial charge on any atom is 0.279 e. The van der Waals surface area contributed by atoms with Crippen LogP contribution in [-0.2, 0) is 30.4 Å². The molecule has 1 fully saturated rings. The van der Waals surface area contributed by atoms with E-state index in [-0.39, 0.29) is 25.7 Å². The quantitative estimate of drug-likeness (QED) is 0.195. The van der Waals surface area contributed by atoms with E-state index in [0.717, 1.165) is 5.56 Å². The minimum atomic E-state index is -2.89.